The summed E-state index contributed by atoms with van der Waals surface area (Å²) < 4.78 is 6.36. The fourth-order valence-corrected chi connectivity index (χ4v) is 6.26. The smallest absolute Gasteiger partial charge is 0.247 e. The van der Waals surface area contributed by atoms with Crippen LogP contribution in [-0.2, 0) is 25.6 Å². The average molecular weight is 632 g/mol. The molecule has 1 saturated heterocycles. The zero-order valence-electron chi connectivity index (χ0n) is 27.9. The molecule has 3 aliphatic rings. The maximum absolute atomic E-state index is 14.5. The molecule has 0 radical (unpaired) electrons. The predicted molar refractivity (Wildman–Crippen MR) is 179 cm³/mol. The normalized spacial score (nSPS) is 23.2. The van der Waals surface area contributed by atoms with Crippen LogP contribution in [0.5, 0.6) is 5.75 Å². The number of amides is 4. The Balaban J connectivity index is 1.70. The highest BCUT2D eigenvalue weighted by Gasteiger charge is 2.46. The molecule has 3 aliphatic heterocycles. The maximum Gasteiger partial charge on any atom is 0.247 e. The van der Waals surface area contributed by atoms with Gasteiger partial charge in [-0.2, -0.15) is 0 Å². The molecule has 5 rings (SSSR count). The first-order chi connectivity index (χ1) is 22.0. The van der Waals surface area contributed by atoms with Crippen LogP contribution in [0.1, 0.15) is 58.1 Å². The Hall–Kier alpha value is -4.18. The molecule has 248 valence electrons. The molecule has 0 unspecified atom stereocenters. The van der Waals surface area contributed by atoms with E-state index in [0.29, 0.717) is 18.6 Å². The Kier molecular flexibility index (Phi) is 12.0. The third kappa shape index (κ3) is 8.34. The molecule has 0 aromatic heterocycles. The van der Waals surface area contributed by atoms with Gasteiger partial charge in [-0.15, -0.1) is 0 Å². The molecule has 10 nitrogen and oxygen atoms in total. The first-order valence-electron chi connectivity index (χ1n) is 16.4. The van der Waals surface area contributed by atoms with Gasteiger partial charge >= 0.3 is 0 Å². The van der Waals surface area contributed by atoms with Crippen LogP contribution in [0.2, 0.25) is 0 Å². The van der Waals surface area contributed by atoms with E-state index in [1.807, 2.05) is 101 Å². The summed E-state index contributed by atoms with van der Waals surface area (Å²) in [5.41, 5.74) is 1.76. The second kappa shape index (κ2) is 15.9. The number of likely N-dealkylation sites (N-methyl/N-ethyl adjacent to an activating group) is 1. The first-order valence-corrected chi connectivity index (χ1v) is 16.4. The van der Waals surface area contributed by atoms with E-state index >= 15 is 0 Å². The van der Waals surface area contributed by atoms with Crippen molar-refractivity contribution in [1.29, 1.82) is 0 Å². The summed E-state index contributed by atoms with van der Waals surface area (Å²) in [5.74, 6) is -0.944. The largest absolute Gasteiger partial charge is 0.488 e. The van der Waals surface area contributed by atoms with E-state index in [1.165, 1.54) is 4.90 Å². The van der Waals surface area contributed by atoms with Crippen molar-refractivity contribution in [3.8, 4) is 5.75 Å². The number of carbonyl (C=O) groups excluding carboxylic acids is 4. The van der Waals surface area contributed by atoms with Crippen LogP contribution in [0.25, 0.3) is 6.08 Å². The van der Waals surface area contributed by atoms with Gasteiger partial charge < -0.3 is 25.6 Å². The average Bonchev–Trinajstić information content (AvgIpc) is 3.46. The van der Waals surface area contributed by atoms with Gasteiger partial charge in [-0.1, -0.05) is 83.0 Å². The van der Waals surface area contributed by atoms with Crippen molar-refractivity contribution in [2.75, 3.05) is 20.6 Å². The van der Waals surface area contributed by atoms with Crippen LogP contribution < -0.4 is 20.7 Å². The van der Waals surface area contributed by atoms with Gasteiger partial charge in [0.2, 0.25) is 23.6 Å². The van der Waals surface area contributed by atoms with Crippen LogP contribution in [0, 0.1) is 11.8 Å². The number of carbonyl (C=O) groups is 4. The van der Waals surface area contributed by atoms with E-state index in [9.17, 15) is 19.2 Å². The third-order valence-electron chi connectivity index (χ3n) is 9.26. The van der Waals surface area contributed by atoms with E-state index in [1.54, 1.807) is 12.3 Å². The summed E-state index contributed by atoms with van der Waals surface area (Å²) in [4.78, 5) is 59.1. The number of fused-ring (bicyclic) bond motifs is 7. The van der Waals surface area contributed by atoms with Crippen molar-refractivity contribution < 1.29 is 23.9 Å². The third-order valence-corrected chi connectivity index (χ3v) is 9.26. The molecule has 2 bridgehead atoms. The number of hydrogen-bond donors (Lipinski definition) is 3. The fraction of sp³-hybridized carbons (Fsp3) is 0.500. The molecule has 46 heavy (non-hydrogen) atoms. The molecule has 3 N–H and O–H groups in total. The molecule has 1 fully saturated rings. The number of benzene rings is 2. The Labute approximate surface area is 272 Å². The van der Waals surface area contributed by atoms with Crippen molar-refractivity contribution in [2.24, 2.45) is 11.8 Å². The zero-order chi connectivity index (χ0) is 33.4. The standard InChI is InChI=1S/C36H49N5O5/c1-7-23(3)30-33(42)37-20-18-25-14-16-27(17-15-25)46-29-19-21-41(32(29)35(44)39-30)36(45)28(22-26-12-10-9-11-13-26)38-34(43)31(40(5)6)24(4)8-2/h9-18,20,23-24,28-32H,7-8,19,21-22H2,1-6H3,(H,37,42)(H,38,43)(H,39,44)/b20-18+/t23-,24-,28+,29+,30+,31+,32+/m1/s1. The maximum atomic E-state index is 14.5. The van der Waals surface area contributed by atoms with E-state index in [0.717, 1.165) is 17.5 Å². The lowest BCUT2D eigenvalue weighted by Gasteiger charge is -2.34. The van der Waals surface area contributed by atoms with Crippen LogP contribution in [0.3, 0.4) is 0 Å². The van der Waals surface area contributed by atoms with E-state index in [2.05, 4.69) is 16.0 Å². The summed E-state index contributed by atoms with van der Waals surface area (Å²) in [5, 5.41) is 8.81. The Morgan fingerprint density at radius 2 is 1.70 bits per heavy atom. The molecule has 2 aromatic carbocycles. The van der Waals surface area contributed by atoms with E-state index in [4.69, 9.17) is 4.74 Å². The first kappa shape index (κ1) is 34.7. The minimum absolute atomic E-state index is 0.0577. The number of nitrogens with zero attached hydrogens (tertiary/aromatic N) is 2. The second-order valence-corrected chi connectivity index (χ2v) is 12.7. The number of hydrogen-bond acceptors (Lipinski definition) is 6. The van der Waals surface area contributed by atoms with Crippen molar-refractivity contribution in [1.82, 2.24) is 25.8 Å². The van der Waals surface area contributed by atoms with E-state index in [-0.39, 0.29) is 42.5 Å². The van der Waals surface area contributed by atoms with Crippen molar-refractivity contribution >= 4 is 29.7 Å². The van der Waals surface area contributed by atoms with Crippen molar-refractivity contribution in [3.63, 3.8) is 0 Å². The van der Waals surface area contributed by atoms with Gasteiger partial charge in [0.25, 0.3) is 0 Å². The fourth-order valence-electron chi connectivity index (χ4n) is 6.26. The molecule has 3 heterocycles. The molecule has 2 aromatic rings. The number of nitrogens with one attached hydrogen (secondary N) is 3. The monoisotopic (exact) mass is 631 g/mol. The molecular formula is C36H49N5O5. The molecular weight excluding hydrogens is 582 g/mol. The lowest BCUT2D eigenvalue weighted by atomic mass is 9.96. The Morgan fingerprint density at radius 1 is 1.00 bits per heavy atom. The highest BCUT2D eigenvalue weighted by Crippen LogP contribution is 2.27. The molecule has 0 aliphatic carbocycles. The van der Waals surface area contributed by atoms with Gasteiger partial charge in [0.1, 0.15) is 30.0 Å². The molecule has 7 atom stereocenters. The lowest BCUT2D eigenvalue weighted by molar-refractivity contribution is -0.144. The second-order valence-electron chi connectivity index (χ2n) is 12.7. The van der Waals surface area contributed by atoms with Crippen molar-refractivity contribution in [3.05, 3.63) is 71.9 Å². The van der Waals surface area contributed by atoms with Gasteiger partial charge in [0.05, 0.1) is 6.04 Å². The van der Waals surface area contributed by atoms with Gasteiger partial charge in [0.15, 0.2) is 0 Å². The Bertz CT molecular complexity index is 1380. The minimum Gasteiger partial charge on any atom is -0.488 e. The van der Waals surface area contributed by atoms with Crippen LogP contribution in [-0.4, -0.2) is 84.3 Å². The molecule has 10 heteroatoms. The highest BCUT2D eigenvalue weighted by atomic mass is 16.5. The molecule has 0 saturated carbocycles. The number of likely N-dealkylation sites (tertiary alicyclic amines) is 1. The van der Waals surface area contributed by atoms with Crippen molar-refractivity contribution in [2.45, 2.75) is 83.6 Å². The van der Waals surface area contributed by atoms with E-state index < -0.39 is 36.2 Å². The minimum atomic E-state index is -1.01. The summed E-state index contributed by atoms with van der Waals surface area (Å²) in [7, 11) is 3.72. The quantitative estimate of drug-likeness (QED) is 0.370. The van der Waals surface area contributed by atoms with Crippen LogP contribution in [0.4, 0.5) is 0 Å². The summed E-state index contributed by atoms with van der Waals surface area (Å²) in [6, 6.07) is 13.7. The topological polar surface area (TPSA) is 120 Å². The SMILES string of the molecule is CC[C@@H](C)[C@@H]1NC(=O)[C@@H]2[C@H](CCN2C(=O)[C@H](Cc2ccccc2)NC(=O)[C@H]([C@H](C)CC)N(C)C)Oc2ccc(cc2)/C=C/NC1=O. The summed E-state index contributed by atoms with van der Waals surface area (Å²) >= 11 is 0. The summed E-state index contributed by atoms with van der Waals surface area (Å²) in [6.07, 6.45) is 4.81. The summed E-state index contributed by atoms with van der Waals surface area (Å²) in [6.45, 7) is 8.18. The molecule has 4 amide bonds. The lowest BCUT2D eigenvalue weighted by Crippen LogP contribution is -2.61. The van der Waals surface area contributed by atoms with Gasteiger partial charge in [-0.3, -0.25) is 24.1 Å². The molecule has 0 spiro atoms. The van der Waals surface area contributed by atoms with Gasteiger partial charge in [-0.05, 0) is 55.3 Å². The van der Waals surface area contributed by atoms with Gasteiger partial charge in [-0.25, -0.2) is 0 Å². The van der Waals surface area contributed by atoms with Crippen LogP contribution >= 0.6 is 0 Å². The van der Waals surface area contributed by atoms with Gasteiger partial charge in [0, 0.05) is 25.6 Å². The number of ether oxygens (including phenoxy) is 1. The van der Waals surface area contributed by atoms with Crippen LogP contribution in [0.15, 0.2) is 60.8 Å². The Morgan fingerprint density at radius 3 is 2.33 bits per heavy atom. The highest BCUT2D eigenvalue weighted by molar-refractivity contribution is 5.96. The zero-order valence-corrected chi connectivity index (χ0v) is 27.9. The number of rotatable bonds is 10. The predicted octanol–water partition coefficient (Wildman–Crippen LogP) is 3.37.